The molecule has 0 spiro atoms. The first kappa shape index (κ1) is 92.6. The molecule has 16 rings (SSSR count). The molecule has 3 aromatic heterocycles. The highest BCUT2D eigenvalue weighted by Crippen LogP contribution is 2.37. The summed E-state index contributed by atoms with van der Waals surface area (Å²) < 4.78 is 122. The SMILES string of the molecule is CN(C)c1ccc(-c2cc(NC(=O)c3ccc(N4CCOCS4(=O)=O)cc3)ccc2Cl)cc1.Cc1ccnc(-c2cc(NC(=O)c3ccc(N4CCOCS4(=O)=O)cc3)ccc2Cl)c1.O=C(Nc1ccc(Cl)c(-c2cc(Cl)ccn2)c1)c1ccc(N2CCOCS2(=O)=O)cc1.[C-]#[N+]c1ccc(-c2cc(NC(=O)c3ccc(N4CCOCS4(=O)=O)cc3)ccc2Cl)nc1. The van der Waals surface area contributed by atoms with Crippen molar-refractivity contribution in [2.75, 3.05) is 134 Å². The second kappa shape index (κ2) is 41.1. The number of hydrogen-bond acceptors (Lipinski definition) is 20. The van der Waals surface area contributed by atoms with Crippen molar-refractivity contribution in [3.8, 4) is 44.9 Å². The van der Waals surface area contributed by atoms with Crippen LogP contribution in [0.1, 0.15) is 47.0 Å². The van der Waals surface area contributed by atoms with Gasteiger partial charge in [-0.05, 0) is 230 Å². The number of aryl methyl sites for hydroxylation is 1. The molecule has 4 fully saturated rings. The highest BCUT2D eigenvalue weighted by molar-refractivity contribution is 7.93. The number of anilines is 9. The van der Waals surface area contributed by atoms with Crippen LogP contribution in [0.3, 0.4) is 0 Å². The van der Waals surface area contributed by atoms with Gasteiger partial charge in [-0.25, -0.2) is 38.5 Å². The molecule has 0 atom stereocenters. The van der Waals surface area contributed by atoms with E-state index in [1.807, 2.05) is 68.4 Å². The van der Waals surface area contributed by atoms with Gasteiger partial charge in [0.1, 0.15) is 0 Å². The van der Waals surface area contributed by atoms with Crippen LogP contribution in [0, 0.1) is 13.5 Å². The molecule has 4 saturated heterocycles. The van der Waals surface area contributed by atoms with E-state index in [9.17, 15) is 52.8 Å². The summed E-state index contributed by atoms with van der Waals surface area (Å²) in [4.78, 5) is 69.1. The number of rotatable bonds is 17. The predicted molar refractivity (Wildman–Crippen MR) is 497 cm³/mol. The third-order valence-corrected chi connectivity index (χ3v) is 27.3. The maximum Gasteiger partial charge on any atom is 0.259 e. The molecule has 0 saturated carbocycles. The summed E-state index contributed by atoms with van der Waals surface area (Å²) in [5, 5.41) is 13.9. The lowest BCUT2D eigenvalue weighted by atomic mass is 10.0. The third-order valence-electron chi connectivity index (χ3n) is 19.6. The zero-order valence-electron chi connectivity index (χ0n) is 67.7. The Morgan fingerprint density at radius 1 is 0.370 bits per heavy atom. The van der Waals surface area contributed by atoms with Gasteiger partial charge in [-0.2, -0.15) is 0 Å². The molecule has 12 aromatic rings. The number of amides is 4. The Hall–Kier alpha value is -12.1. The van der Waals surface area contributed by atoms with Crippen molar-refractivity contribution in [2.45, 2.75) is 6.92 Å². The largest absolute Gasteiger partial charge is 0.378 e. The summed E-state index contributed by atoms with van der Waals surface area (Å²) in [5.41, 5.74) is 13.9. The van der Waals surface area contributed by atoms with Gasteiger partial charge in [0, 0.05) is 116 Å². The minimum atomic E-state index is -3.52. The van der Waals surface area contributed by atoms with Gasteiger partial charge in [0.05, 0.1) is 114 Å². The molecule has 654 valence electrons. The standard InChI is InChI=1S/C24H24ClN3O4S.C22H17ClN4O4S.C22H20ClN3O4S.C21H17Cl2N3O4S/c1-27(2)20-8-3-17(4-9-20)22-15-19(7-12-23(22)25)26-24(29)18-5-10-21(11-6-18)28-13-14-32-16-33(28,30)31;1-24-17-5-9-21(25-13-17)19-12-16(4-8-20(19)23)26-22(28)15-2-6-18(7-3-15)27-10-11-31-14-32(27,29)30;1-15-8-9-24-21(12-15)19-13-17(4-7-20(19)23)25-22(27)16-2-5-18(6-3-16)26-10-11-30-14-31(26,28)29;22-15-7-8-24-20(11-15)18-12-16(3-6-19(18)23)25-21(27)14-1-4-17(5-2-14)26-9-10-30-13-31(26,28)29/h3-12,15H,13-14,16H2,1-2H3,(H,26,29);2-9,12-13H,10-11,14H2,(H,26,28);2-9,12-13H,10-11,14H2,1H3,(H,25,27);1-8,11-12H,9-10,13H2,(H,25,27). The third kappa shape index (κ3) is 23.6. The summed E-state index contributed by atoms with van der Waals surface area (Å²) in [7, 11) is -10.1. The van der Waals surface area contributed by atoms with Crippen LogP contribution in [0.5, 0.6) is 0 Å². The van der Waals surface area contributed by atoms with E-state index in [0.29, 0.717) is 147 Å². The van der Waals surface area contributed by atoms with Crippen LogP contribution in [-0.4, -0.2) is 163 Å². The zero-order valence-corrected chi connectivity index (χ0v) is 74.8. The average molecular weight is 1890 g/mol. The van der Waals surface area contributed by atoms with Crippen molar-refractivity contribution in [2.24, 2.45) is 0 Å². The molecule has 7 heterocycles. The Labute approximate surface area is 758 Å². The smallest absolute Gasteiger partial charge is 0.259 e. The first-order valence-corrected chi connectivity index (χ1v) is 46.9. The maximum absolute atomic E-state index is 12.8. The lowest BCUT2D eigenvalue weighted by Gasteiger charge is -2.28. The molecule has 0 unspecified atom stereocenters. The highest BCUT2D eigenvalue weighted by atomic mass is 35.5. The molecule has 4 N–H and O–H groups in total. The molecule has 4 aliphatic heterocycles. The van der Waals surface area contributed by atoms with E-state index in [1.165, 1.54) is 23.4 Å². The van der Waals surface area contributed by atoms with Gasteiger partial charge in [-0.3, -0.25) is 51.4 Å². The first-order chi connectivity index (χ1) is 60.8. The summed E-state index contributed by atoms with van der Waals surface area (Å²) in [6, 6.07) is 64.6. The molecule has 4 aliphatic rings. The second-order valence-electron chi connectivity index (χ2n) is 28.7. The predicted octanol–water partition coefficient (Wildman–Crippen LogP) is 17.3. The monoisotopic (exact) mass is 1890 g/mol. The molecule has 0 bridgehead atoms. The van der Waals surface area contributed by atoms with Gasteiger partial charge in [-0.15, -0.1) is 0 Å². The Kier molecular flexibility index (Phi) is 30.0. The van der Waals surface area contributed by atoms with Crippen molar-refractivity contribution in [1.82, 2.24) is 15.0 Å². The molecule has 0 aliphatic carbocycles. The highest BCUT2D eigenvalue weighted by Gasteiger charge is 2.32. The molecule has 38 heteroatoms. The van der Waals surface area contributed by atoms with Crippen LogP contribution in [0.25, 0.3) is 49.7 Å². The Balaban J connectivity index is 0.000000145. The number of sulfonamides is 4. The molecular weight excluding hydrogens is 1810 g/mol. The van der Waals surface area contributed by atoms with Crippen molar-refractivity contribution >= 4 is 179 Å². The number of carbonyl (C=O) groups excluding carboxylic acids is 4. The zero-order chi connectivity index (χ0) is 90.3. The average Bonchev–Trinajstić information content (AvgIpc) is 0.788. The lowest BCUT2D eigenvalue weighted by Crippen LogP contribution is -2.41. The van der Waals surface area contributed by atoms with Crippen LogP contribution >= 0.6 is 58.0 Å². The van der Waals surface area contributed by atoms with Crippen LogP contribution < -0.4 is 43.4 Å². The molecule has 29 nitrogen and oxygen atoms in total. The number of hydrogen-bond donors (Lipinski definition) is 4. The molecule has 9 aromatic carbocycles. The number of nitrogens with one attached hydrogen (secondary N) is 4. The number of aromatic nitrogens is 3. The van der Waals surface area contributed by atoms with Gasteiger partial charge in [0.15, 0.2) is 23.8 Å². The fourth-order valence-electron chi connectivity index (χ4n) is 13.2. The minimum Gasteiger partial charge on any atom is -0.378 e. The Morgan fingerprint density at radius 3 is 0.984 bits per heavy atom. The molecule has 127 heavy (non-hydrogen) atoms. The maximum atomic E-state index is 12.8. The normalized spacial score (nSPS) is 15.3. The van der Waals surface area contributed by atoms with Crippen molar-refractivity contribution in [3.63, 3.8) is 0 Å². The van der Waals surface area contributed by atoms with E-state index in [1.54, 1.807) is 200 Å². The Morgan fingerprint density at radius 2 is 0.685 bits per heavy atom. The van der Waals surface area contributed by atoms with Crippen molar-refractivity contribution in [1.29, 1.82) is 0 Å². The topological polar surface area (TPSA) is 349 Å². The number of nitrogens with zero attached hydrogens (tertiary/aromatic N) is 9. The number of benzene rings is 9. The second-order valence-corrected chi connectivity index (χ2v) is 38.1. The van der Waals surface area contributed by atoms with Crippen LogP contribution in [0.15, 0.2) is 249 Å². The van der Waals surface area contributed by atoms with Crippen LogP contribution in [0.2, 0.25) is 25.1 Å². The van der Waals surface area contributed by atoms with E-state index in [2.05, 4.69) is 41.1 Å². The van der Waals surface area contributed by atoms with E-state index in [-0.39, 0.29) is 73.6 Å². The summed E-state index contributed by atoms with van der Waals surface area (Å²) in [6.07, 6.45) is 4.75. The minimum absolute atomic E-state index is 0.229. The van der Waals surface area contributed by atoms with E-state index in [4.69, 9.17) is 83.5 Å². The summed E-state index contributed by atoms with van der Waals surface area (Å²) in [5.74, 6) is -2.71. The van der Waals surface area contributed by atoms with Crippen LogP contribution in [-0.2, 0) is 59.0 Å². The molecular formula is C89H78Cl5N13O16S4. The van der Waals surface area contributed by atoms with Gasteiger partial charge in [-0.1, -0.05) is 76.2 Å². The number of pyridine rings is 3. The van der Waals surface area contributed by atoms with E-state index < -0.39 is 40.1 Å². The van der Waals surface area contributed by atoms with Gasteiger partial charge in [0.2, 0.25) is 5.69 Å². The summed E-state index contributed by atoms with van der Waals surface area (Å²) in [6.45, 7) is 11.2. The fraction of sp³-hybridized carbons (Fsp3) is 0.169. The fourth-order valence-corrected chi connectivity index (χ4v) is 19.2. The van der Waals surface area contributed by atoms with Gasteiger partial charge < -0.3 is 45.1 Å². The van der Waals surface area contributed by atoms with Crippen LogP contribution in [0.4, 0.5) is 56.9 Å². The molecule has 0 radical (unpaired) electrons. The van der Waals surface area contributed by atoms with Crippen molar-refractivity contribution < 1.29 is 71.8 Å². The molecule has 4 amide bonds. The van der Waals surface area contributed by atoms with Gasteiger partial charge >= 0.3 is 0 Å². The number of ether oxygens (including phenoxy) is 4. The Bertz CT molecular complexity index is 6420. The van der Waals surface area contributed by atoms with E-state index >= 15 is 0 Å². The quantitative estimate of drug-likeness (QED) is 0.0615. The lowest BCUT2D eigenvalue weighted by molar-refractivity contribution is 0.101. The van der Waals surface area contributed by atoms with Gasteiger partial charge in [0.25, 0.3) is 63.7 Å². The summed E-state index contributed by atoms with van der Waals surface area (Å²) >= 11 is 31.4. The van der Waals surface area contributed by atoms with E-state index in [0.717, 1.165) is 33.6 Å². The number of carbonyl (C=O) groups is 4. The first-order valence-electron chi connectivity index (χ1n) is 38.6. The number of halogens is 5. The van der Waals surface area contributed by atoms with Crippen molar-refractivity contribution in [3.05, 3.63) is 313 Å².